The van der Waals surface area contributed by atoms with Gasteiger partial charge in [0.15, 0.2) is 5.82 Å². The maximum absolute atomic E-state index is 13.5. The van der Waals surface area contributed by atoms with Crippen molar-refractivity contribution in [2.75, 3.05) is 0 Å². The quantitative estimate of drug-likeness (QED) is 0.116. The van der Waals surface area contributed by atoms with Gasteiger partial charge in [0.05, 0.1) is 32.5 Å². The van der Waals surface area contributed by atoms with Crippen LogP contribution in [0.4, 0.5) is 24.5 Å². The summed E-state index contributed by atoms with van der Waals surface area (Å²) in [5.41, 5.74) is -1.24. The van der Waals surface area contributed by atoms with Crippen LogP contribution in [-0.2, 0) is 12.8 Å². The largest absolute Gasteiger partial charge is 0.488 e. The molecule has 0 N–H and O–H groups in total. The molecule has 11 nitrogen and oxygen atoms in total. The van der Waals surface area contributed by atoms with Crippen molar-refractivity contribution in [2.24, 2.45) is 5.10 Å². The normalized spacial score (nSPS) is 11.6. The first kappa shape index (κ1) is 28.6. The zero-order chi connectivity index (χ0) is 30.7. The molecule has 0 saturated heterocycles. The van der Waals surface area contributed by atoms with E-state index >= 15 is 0 Å². The number of nitrogens with zero attached hydrogens (tertiary/aromatic N) is 5. The predicted molar refractivity (Wildman–Crippen MR) is 150 cm³/mol. The van der Waals surface area contributed by atoms with E-state index in [2.05, 4.69) is 10.1 Å². The Morgan fingerprint density at radius 2 is 1.58 bits per heavy atom. The predicted octanol–water partition coefficient (Wildman–Crippen LogP) is 6.36. The van der Waals surface area contributed by atoms with E-state index in [9.17, 15) is 38.2 Å². The fourth-order valence-corrected chi connectivity index (χ4v) is 4.13. The molecule has 0 aliphatic rings. The molecule has 0 radical (unpaired) electrons. The van der Waals surface area contributed by atoms with Crippen LogP contribution in [0.3, 0.4) is 0 Å². The summed E-state index contributed by atoms with van der Waals surface area (Å²) in [6.07, 6.45) is -3.55. The molecule has 5 rings (SSSR count). The van der Waals surface area contributed by atoms with Gasteiger partial charge in [-0.25, -0.2) is 4.98 Å². The second kappa shape index (κ2) is 11.5. The van der Waals surface area contributed by atoms with Gasteiger partial charge in [0, 0.05) is 35.4 Å². The Balaban J connectivity index is 1.59. The first-order valence-corrected chi connectivity index (χ1v) is 12.4. The van der Waals surface area contributed by atoms with Crippen LogP contribution >= 0.6 is 0 Å². The third kappa shape index (κ3) is 6.22. The average Bonchev–Trinajstić information content (AvgIpc) is 2.99. The van der Waals surface area contributed by atoms with Crippen LogP contribution in [0.1, 0.15) is 16.7 Å². The van der Waals surface area contributed by atoms with Gasteiger partial charge in [-0.15, -0.1) is 0 Å². The number of aromatic nitrogens is 2. The molecule has 216 valence electrons. The number of benzene rings is 4. The number of halogens is 3. The van der Waals surface area contributed by atoms with Crippen molar-refractivity contribution in [3.8, 4) is 17.1 Å². The summed E-state index contributed by atoms with van der Waals surface area (Å²) in [6.45, 7) is -0.0659. The molecule has 1 heterocycles. The highest BCUT2D eigenvalue weighted by Crippen LogP contribution is 2.32. The standard InChI is InChI=1S/C29H18F3N5O6/c30-29(31,32)21-5-3-4-19(14-21)27-34-25-7-2-1-6-24(25)28(38)35(27)33-16-20-15-23(37(41)42)12-13-26(20)43-17-18-8-10-22(11-9-18)36(39)40/h1-16H,17H2. The van der Waals surface area contributed by atoms with E-state index in [0.717, 1.165) is 29.1 Å². The SMILES string of the molecule is O=c1c2ccccc2nc(-c2cccc(C(F)(F)F)c2)n1N=Cc1cc([N+](=O)[O-])ccc1OCc1ccc([N+](=O)[O-])cc1. The number of alkyl halides is 3. The van der Waals surface area contributed by atoms with Crippen molar-refractivity contribution in [1.82, 2.24) is 9.66 Å². The second-order valence-electron chi connectivity index (χ2n) is 9.08. The molecule has 5 aromatic rings. The highest BCUT2D eigenvalue weighted by atomic mass is 19.4. The van der Waals surface area contributed by atoms with Gasteiger partial charge in [-0.1, -0.05) is 24.3 Å². The molecule has 4 aromatic carbocycles. The highest BCUT2D eigenvalue weighted by Gasteiger charge is 2.31. The van der Waals surface area contributed by atoms with Crippen LogP contribution in [0.15, 0.2) is 101 Å². The van der Waals surface area contributed by atoms with Crippen LogP contribution in [0.25, 0.3) is 22.3 Å². The molecule has 0 bridgehead atoms. The lowest BCUT2D eigenvalue weighted by atomic mass is 10.1. The number of nitro groups is 2. The van der Waals surface area contributed by atoms with E-state index < -0.39 is 27.1 Å². The molecule has 0 fully saturated rings. The van der Waals surface area contributed by atoms with Gasteiger partial charge < -0.3 is 4.74 Å². The summed E-state index contributed by atoms with van der Waals surface area (Å²) in [5.74, 6) is -0.0695. The molecular weight excluding hydrogens is 571 g/mol. The first-order valence-electron chi connectivity index (χ1n) is 12.4. The monoisotopic (exact) mass is 589 g/mol. The number of rotatable bonds is 8. The van der Waals surface area contributed by atoms with Crippen molar-refractivity contribution in [3.05, 3.63) is 138 Å². The minimum Gasteiger partial charge on any atom is -0.488 e. The topological polar surface area (TPSA) is 143 Å². The Morgan fingerprint density at radius 1 is 0.884 bits per heavy atom. The number of nitro benzene ring substituents is 2. The van der Waals surface area contributed by atoms with Crippen LogP contribution < -0.4 is 10.3 Å². The Kier molecular flexibility index (Phi) is 7.66. The van der Waals surface area contributed by atoms with Gasteiger partial charge in [-0.3, -0.25) is 25.0 Å². The Hall–Kier alpha value is -5.92. The summed E-state index contributed by atoms with van der Waals surface area (Å²) in [6, 6.07) is 19.7. The molecule has 1 aromatic heterocycles. The van der Waals surface area contributed by atoms with Crippen molar-refractivity contribution in [1.29, 1.82) is 0 Å². The smallest absolute Gasteiger partial charge is 0.416 e. The third-order valence-electron chi connectivity index (χ3n) is 6.26. The molecule has 0 amide bonds. The van der Waals surface area contributed by atoms with Crippen molar-refractivity contribution in [2.45, 2.75) is 12.8 Å². The highest BCUT2D eigenvalue weighted by molar-refractivity contribution is 5.85. The van der Waals surface area contributed by atoms with Crippen LogP contribution in [0, 0.1) is 20.2 Å². The van der Waals surface area contributed by atoms with Crippen LogP contribution in [-0.4, -0.2) is 25.7 Å². The van der Waals surface area contributed by atoms with E-state index in [1.165, 1.54) is 60.7 Å². The zero-order valence-corrected chi connectivity index (χ0v) is 21.8. The van der Waals surface area contributed by atoms with Gasteiger partial charge in [0.1, 0.15) is 12.4 Å². The number of para-hydroxylation sites is 1. The lowest BCUT2D eigenvalue weighted by molar-refractivity contribution is -0.385. The molecule has 0 aliphatic carbocycles. The zero-order valence-electron chi connectivity index (χ0n) is 21.8. The lowest BCUT2D eigenvalue weighted by Crippen LogP contribution is -2.20. The van der Waals surface area contributed by atoms with Crippen LogP contribution in [0.2, 0.25) is 0 Å². The van der Waals surface area contributed by atoms with Gasteiger partial charge in [-0.05, 0) is 48.0 Å². The molecule has 0 unspecified atom stereocenters. The average molecular weight is 589 g/mol. The minimum absolute atomic E-state index is 0.0384. The fraction of sp³-hybridized carbons (Fsp3) is 0.0690. The summed E-state index contributed by atoms with van der Waals surface area (Å²) in [4.78, 5) is 39.1. The van der Waals surface area contributed by atoms with E-state index in [0.29, 0.717) is 5.56 Å². The van der Waals surface area contributed by atoms with Crippen molar-refractivity contribution < 1.29 is 27.8 Å². The van der Waals surface area contributed by atoms with E-state index in [1.54, 1.807) is 12.1 Å². The number of non-ortho nitro benzene ring substituents is 2. The first-order chi connectivity index (χ1) is 20.5. The Labute approximate surface area is 239 Å². The van der Waals surface area contributed by atoms with Gasteiger partial charge in [0.2, 0.25) is 0 Å². The molecular formula is C29H18F3N5O6. The van der Waals surface area contributed by atoms with Gasteiger partial charge in [0.25, 0.3) is 16.9 Å². The minimum atomic E-state index is -4.65. The Bertz CT molecular complexity index is 1960. The molecule has 0 saturated carbocycles. The Morgan fingerprint density at radius 3 is 2.28 bits per heavy atom. The summed E-state index contributed by atoms with van der Waals surface area (Å²) in [5, 5.41) is 26.7. The number of fused-ring (bicyclic) bond motifs is 1. The fourth-order valence-electron chi connectivity index (χ4n) is 4.13. The van der Waals surface area contributed by atoms with E-state index in [-0.39, 0.29) is 51.6 Å². The number of hydrogen-bond donors (Lipinski definition) is 0. The van der Waals surface area contributed by atoms with Gasteiger partial charge >= 0.3 is 6.18 Å². The summed E-state index contributed by atoms with van der Waals surface area (Å²) in [7, 11) is 0. The molecule has 0 spiro atoms. The van der Waals surface area contributed by atoms with E-state index in [4.69, 9.17) is 4.74 Å². The molecule has 0 aliphatic heterocycles. The van der Waals surface area contributed by atoms with Crippen molar-refractivity contribution in [3.63, 3.8) is 0 Å². The van der Waals surface area contributed by atoms with E-state index in [1.807, 2.05) is 0 Å². The van der Waals surface area contributed by atoms with Crippen molar-refractivity contribution >= 4 is 28.5 Å². The lowest BCUT2D eigenvalue weighted by Gasteiger charge is -2.12. The number of hydrogen-bond acceptors (Lipinski definition) is 8. The van der Waals surface area contributed by atoms with Crippen LogP contribution in [0.5, 0.6) is 5.75 Å². The number of ether oxygens (including phenoxy) is 1. The summed E-state index contributed by atoms with van der Waals surface area (Å²) < 4.78 is 47.0. The maximum Gasteiger partial charge on any atom is 0.416 e. The maximum atomic E-state index is 13.5. The molecule has 43 heavy (non-hydrogen) atoms. The van der Waals surface area contributed by atoms with Gasteiger partial charge in [-0.2, -0.15) is 22.9 Å². The second-order valence-corrected chi connectivity index (χ2v) is 9.08. The third-order valence-corrected chi connectivity index (χ3v) is 6.26. The summed E-state index contributed by atoms with van der Waals surface area (Å²) >= 11 is 0. The molecule has 0 atom stereocenters. The molecule has 14 heteroatoms.